The first kappa shape index (κ1) is 8.10. The predicted octanol–water partition coefficient (Wildman–Crippen LogP) is 1.58. The van der Waals surface area contributed by atoms with E-state index in [4.69, 9.17) is 4.74 Å². The van der Waals surface area contributed by atoms with E-state index >= 15 is 0 Å². The summed E-state index contributed by atoms with van der Waals surface area (Å²) in [7, 11) is 0. The maximum absolute atomic E-state index is 10.8. The zero-order chi connectivity index (χ0) is 9.26. The van der Waals surface area contributed by atoms with Crippen molar-refractivity contribution in [2.45, 2.75) is 13.3 Å². The van der Waals surface area contributed by atoms with Crippen molar-refractivity contribution < 1.29 is 9.53 Å². The number of nitrogens with one attached hydrogen (secondary N) is 1. The van der Waals surface area contributed by atoms with E-state index < -0.39 is 0 Å². The van der Waals surface area contributed by atoms with Crippen LogP contribution in [-0.2, 0) is 11.2 Å². The van der Waals surface area contributed by atoms with Gasteiger partial charge in [0.05, 0.1) is 12.3 Å². The second kappa shape index (κ2) is 3.09. The molecule has 0 bridgehead atoms. The molecule has 0 unspecified atom stereocenters. The van der Waals surface area contributed by atoms with Crippen LogP contribution < -0.4 is 10.1 Å². The molecule has 2 rings (SSSR count). The molecule has 1 amide bonds. The smallest absolute Gasteiger partial charge is 0.221 e. The number of anilines is 1. The van der Waals surface area contributed by atoms with Crippen LogP contribution in [0.3, 0.4) is 0 Å². The van der Waals surface area contributed by atoms with Crippen molar-refractivity contribution in [3.63, 3.8) is 0 Å². The molecule has 1 aliphatic heterocycles. The Morgan fingerprint density at radius 2 is 2.38 bits per heavy atom. The lowest BCUT2D eigenvalue weighted by atomic mass is 10.1. The van der Waals surface area contributed by atoms with Crippen molar-refractivity contribution in [1.82, 2.24) is 0 Å². The van der Waals surface area contributed by atoms with Gasteiger partial charge in [0.25, 0.3) is 0 Å². The molecule has 68 valence electrons. The van der Waals surface area contributed by atoms with Crippen molar-refractivity contribution in [2.24, 2.45) is 0 Å². The number of benzene rings is 1. The van der Waals surface area contributed by atoms with E-state index in [9.17, 15) is 4.79 Å². The summed E-state index contributed by atoms with van der Waals surface area (Å²) >= 11 is 0. The molecule has 3 heteroatoms. The molecular weight excluding hydrogens is 166 g/mol. The highest BCUT2D eigenvalue weighted by molar-refractivity contribution is 5.90. The van der Waals surface area contributed by atoms with Crippen LogP contribution in [0.2, 0.25) is 0 Å². The molecule has 0 aromatic heterocycles. The molecule has 0 spiro atoms. The fourth-order valence-corrected chi connectivity index (χ4v) is 1.50. The van der Waals surface area contributed by atoms with Crippen LogP contribution in [0.15, 0.2) is 18.2 Å². The summed E-state index contributed by atoms with van der Waals surface area (Å²) in [5, 5.41) is 2.74. The highest BCUT2D eigenvalue weighted by atomic mass is 16.5. The molecule has 3 nitrogen and oxygen atoms in total. The molecule has 1 aromatic carbocycles. The Hall–Kier alpha value is -1.51. The van der Waals surface area contributed by atoms with Gasteiger partial charge in [-0.25, -0.2) is 0 Å². The van der Waals surface area contributed by atoms with Crippen molar-refractivity contribution in [1.29, 1.82) is 0 Å². The minimum atomic E-state index is -0.0658. The average molecular weight is 177 g/mol. The number of amides is 1. The zero-order valence-corrected chi connectivity index (χ0v) is 7.46. The van der Waals surface area contributed by atoms with Crippen molar-refractivity contribution in [2.75, 3.05) is 11.9 Å². The van der Waals surface area contributed by atoms with Gasteiger partial charge in [0.1, 0.15) is 5.75 Å². The van der Waals surface area contributed by atoms with Crippen LogP contribution in [-0.4, -0.2) is 12.5 Å². The lowest BCUT2D eigenvalue weighted by Gasteiger charge is -2.07. The molecule has 0 fully saturated rings. The van der Waals surface area contributed by atoms with Gasteiger partial charge in [-0.1, -0.05) is 12.1 Å². The highest BCUT2D eigenvalue weighted by Gasteiger charge is 2.15. The molecule has 1 N–H and O–H groups in total. The first-order valence-electron chi connectivity index (χ1n) is 4.29. The van der Waals surface area contributed by atoms with Crippen LogP contribution in [0.5, 0.6) is 5.75 Å². The van der Waals surface area contributed by atoms with E-state index in [0.717, 1.165) is 17.9 Å². The Balaban J connectivity index is 2.36. The standard InChI is InChI=1S/C10H11NO2/c1-7(12)11-9-4-2-3-8-5-6-13-10(8)9/h2-4H,5-6H2,1H3,(H,11,12). The van der Waals surface area contributed by atoms with Gasteiger partial charge in [-0.15, -0.1) is 0 Å². The number of carbonyl (C=O) groups is 1. The van der Waals surface area contributed by atoms with E-state index in [1.165, 1.54) is 12.5 Å². The molecule has 0 saturated carbocycles. The first-order chi connectivity index (χ1) is 6.27. The van der Waals surface area contributed by atoms with Crippen LogP contribution in [0.4, 0.5) is 5.69 Å². The predicted molar refractivity (Wildman–Crippen MR) is 49.9 cm³/mol. The van der Waals surface area contributed by atoms with Crippen molar-refractivity contribution >= 4 is 11.6 Å². The second-order valence-corrected chi connectivity index (χ2v) is 3.07. The molecule has 1 aliphatic rings. The number of para-hydroxylation sites is 1. The molecule has 1 aromatic rings. The van der Waals surface area contributed by atoms with Crippen molar-refractivity contribution in [3.05, 3.63) is 23.8 Å². The molecule has 0 radical (unpaired) electrons. The quantitative estimate of drug-likeness (QED) is 0.707. The van der Waals surface area contributed by atoms with Crippen LogP contribution >= 0.6 is 0 Å². The van der Waals surface area contributed by atoms with Gasteiger partial charge in [0.2, 0.25) is 5.91 Å². The van der Waals surface area contributed by atoms with Gasteiger partial charge in [-0.2, -0.15) is 0 Å². The maximum atomic E-state index is 10.8. The zero-order valence-electron chi connectivity index (χ0n) is 7.46. The van der Waals surface area contributed by atoms with E-state index in [0.29, 0.717) is 6.61 Å². The number of fused-ring (bicyclic) bond motifs is 1. The van der Waals surface area contributed by atoms with Crippen LogP contribution in [0, 0.1) is 0 Å². The lowest BCUT2D eigenvalue weighted by Crippen LogP contribution is -2.06. The minimum Gasteiger partial charge on any atom is -0.491 e. The molecular formula is C10H11NO2. The Morgan fingerprint density at radius 1 is 1.54 bits per heavy atom. The van der Waals surface area contributed by atoms with E-state index in [1.807, 2.05) is 18.2 Å². The molecule has 0 aliphatic carbocycles. The third kappa shape index (κ3) is 1.49. The van der Waals surface area contributed by atoms with Crippen LogP contribution in [0.1, 0.15) is 12.5 Å². The summed E-state index contributed by atoms with van der Waals surface area (Å²) < 4.78 is 5.42. The summed E-state index contributed by atoms with van der Waals surface area (Å²) in [4.78, 5) is 10.8. The number of carbonyl (C=O) groups excluding carboxylic acids is 1. The van der Waals surface area contributed by atoms with Gasteiger partial charge in [-0.3, -0.25) is 4.79 Å². The largest absolute Gasteiger partial charge is 0.491 e. The topological polar surface area (TPSA) is 38.3 Å². The molecule has 0 saturated heterocycles. The molecule has 1 heterocycles. The van der Waals surface area contributed by atoms with Gasteiger partial charge < -0.3 is 10.1 Å². The average Bonchev–Trinajstić information content (AvgIpc) is 2.51. The normalized spacial score (nSPS) is 13.3. The lowest BCUT2D eigenvalue weighted by molar-refractivity contribution is -0.114. The summed E-state index contributed by atoms with van der Waals surface area (Å²) in [6, 6.07) is 5.80. The Morgan fingerprint density at radius 3 is 3.15 bits per heavy atom. The SMILES string of the molecule is CC(=O)Nc1cccc2c1OCC2. The minimum absolute atomic E-state index is 0.0658. The summed E-state index contributed by atoms with van der Waals surface area (Å²) in [5.41, 5.74) is 1.95. The third-order valence-corrected chi connectivity index (χ3v) is 2.03. The first-order valence-corrected chi connectivity index (χ1v) is 4.29. The Bertz CT molecular complexity index is 347. The molecule has 0 atom stereocenters. The Labute approximate surface area is 76.7 Å². The Kier molecular flexibility index (Phi) is 1.93. The monoisotopic (exact) mass is 177 g/mol. The number of rotatable bonds is 1. The highest BCUT2D eigenvalue weighted by Crippen LogP contribution is 2.33. The van der Waals surface area contributed by atoms with Crippen LogP contribution in [0.25, 0.3) is 0 Å². The third-order valence-electron chi connectivity index (χ3n) is 2.03. The van der Waals surface area contributed by atoms with Gasteiger partial charge >= 0.3 is 0 Å². The molecule has 13 heavy (non-hydrogen) atoms. The fourth-order valence-electron chi connectivity index (χ4n) is 1.50. The van der Waals surface area contributed by atoms with Crippen molar-refractivity contribution in [3.8, 4) is 5.75 Å². The fraction of sp³-hybridized carbons (Fsp3) is 0.300. The number of ether oxygens (including phenoxy) is 1. The number of hydrogen-bond donors (Lipinski definition) is 1. The van der Waals surface area contributed by atoms with Gasteiger partial charge in [0.15, 0.2) is 0 Å². The summed E-state index contributed by atoms with van der Waals surface area (Å²) in [6.07, 6.45) is 0.933. The summed E-state index contributed by atoms with van der Waals surface area (Å²) in [5.74, 6) is 0.765. The maximum Gasteiger partial charge on any atom is 0.221 e. The van der Waals surface area contributed by atoms with Gasteiger partial charge in [-0.05, 0) is 11.6 Å². The van der Waals surface area contributed by atoms with E-state index in [1.54, 1.807) is 0 Å². The number of hydrogen-bond acceptors (Lipinski definition) is 2. The van der Waals surface area contributed by atoms with E-state index in [2.05, 4.69) is 5.32 Å². The van der Waals surface area contributed by atoms with Gasteiger partial charge in [0, 0.05) is 13.3 Å². The second-order valence-electron chi connectivity index (χ2n) is 3.07. The van der Waals surface area contributed by atoms with E-state index in [-0.39, 0.29) is 5.91 Å². The summed E-state index contributed by atoms with van der Waals surface area (Å²) in [6.45, 7) is 2.21.